The maximum absolute atomic E-state index is 6.32. The first-order chi connectivity index (χ1) is 9.70. The molecule has 1 unspecified atom stereocenters. The zero-order valence-electron chi connectivity index (χ0n) is 11.9. The SMILES string of the molecule is Cc1ccc(CC(N)c2cccc(OC3CC3)c2)cc1. The molecule has 0 spiro atoms. The minimum atomic E-state index is 0.0143. The number of ether oxygens (including phenoxy) is 1. The second-order valence-corrected chi connectivity index (χ2v) is 5.69. The number of nitrogens with two attached hydrogens (primary N) is 1. The van der Waals surface area contributed by atoms with Crippen molar-refractivity contribution in [2.75, 3.05) is 0 Å². The third-order valence-corrected chi connectivity index (χ3v) is 3.69. The Morgan fingerprint density at radius 2 is 1.90 bits per heavy atom. The Morgan fingerprint density at radius 1 is 1.15 bits per heavy atom. The summed E-state index contributed by atoms with van der Waals surface area (Å²) in [6.45, 7) is 2.10. The zero-order valence-corrected chi connectivity index (χ0v) is 11.9. The third kappa shape index (κ3) is 3.40. The molecule has 3 rings (SSSR count). The van der Waals surface area contributed by atoms with Crippen molar-refractivity contribution in [3.8, 4) is 5.75 Å². The molecule has 0 saturated heterocycles. The summed E-state index contributed by atoms with van der Waals surface area (Å²) in [6, 6.07) is 16.8. The summed E-state index contributed by atoms with van der Waals surface area (Å²) in [5.41, 5.74) is 10.0. The van der Waals surface area contributed by atoms with Crippen LogP contribution in [-0.2, 0) is 6.42 Å². The first-order valence-corrected chi connectivity index (χ1v) is 7.28. The molecule has 2 nitrogen and oxygen atoms in total. The van der Waals surface area contributed by atoms with E-state index >= 15 is 0 Å². The number of rotatable bonds is 5. The first kappa shape index (κ1) is 13.2. The van der Waals surface area contributed by atoms with Gasteiger partial charge in [-0.2, -0.15) is 0 Å². The van der Waals surface area contributed by atoms with E-state index < -0.39 is 0 Å². The van der Waals surface area contributed by atoms with Gasteiger partial charge in [0, 0.05) is 6.04 Å². The number of hydrogen-bond donors (Lipinski definition) is 1. The van der Waals surface area contributed by atoms with E-state index in [1.165, 1.54) is 24.0 Å². The van der Waals surface area contributed by atoms with Gasteiger partial charge in [-0.05, 0) is 49.4 Å². The van der Waals surface area contributed by atoms with E-state index in [0.717, 1.165) is 17.7 Å². The van der Waals surface area contributed by atoms with Crippen LogP contribution in [0.4, 0.5) is 0 Å². The highest BCUT2D eigenvalue weighted by Gasteiger charge is 2.23. The lowest BCUT2D eigenvalue weighted by Crippen LogP contribution is -2.13. The highest BCUT2D eigenvalue weighted by Crippen LogP contribution is 2.28. The summed E-state index contributed by atoms with van der Waals surface area (Å²) in [7, 11) is 0. The van der Waals surface area contributed by atoms with Crippen molar-refractivity contribution in [2.24, 2.45) is 5.73 Å². The fourth-order valence-corrected chi connectivity index (χ4v) is 2.29. The zero-order chi connectivity index (χ0) is 13.9. The summed E-state index contributed by atoms with van der Waals surface area (Å²) in [4.78, 5) is 0. The van der Waals surface area contributed by atoms with Crippen molar-refractivity contribution in [3.05, 3.63) is 65.2 Å². The fourth-order valence-electron chi connectivity index (χ4n) is 2.29. The molecule has 2 aromatic carbocycles. The number of hydrogen-bond acceptors (Lipinski definition) is 2. The maximum atomic E-state index is 6.32. The van der Waals surface area contributed by atoms with Crippen molar-refractivity contribution in [1.82, 2.24) is 0 Å². The molecule has 0 bridgehead atoms. The Hall–Kier alpha value is -1.80. The Balaban J connectivity index is 1.69. The lowest BCUT2D eigenvalue weighted by atomic mass is 9.99. The molecule has 1 aliphatic rings. The minimum absolute atomic E-state index is 0.0143. The molecule has 1 atom stereocenters. The molecule has 0 aliphatic heterocycles. The van der Waals surface area contributed by atoms with E-state index in [-0.39, 0.29) is 6.04 Å². The normalized spacial score (nSPS) is 15.9. The molecule has 104 valence electrons. The van der Waals surface area contributed by atoms with E-state index in [4.69, 9.17) is 10.5 Å². The predicted molar refractivity (Wildman–Crippen MR) is 81.9 cm³/mol. The Bertz CT molecular complexity index is 572. The highest BCUT2D eigenvalue weighted by atomic mass is 16.5. The highest BCUT2D eigenvalue weighted by molar-refractivity contribution is 5.32. The van der Waals surface area contributed by atoms with E-state index in [0.29, 0.717) is 6.10 Å². The van der Waals surface area contributed by atoms with Crippen molar-refractivity contribution < 1.29 is 4.74 Å². The van der Waals surface area contributed by atoms with Gasteiger partial charge in [0.2, 0.25) is 0 Å². The monoisotopic (exact) mass is 267 g/mol. The van der Waals surface area contributed by atoms with Gasteiger partial charge in [0.1, 0.15) is 5.75 Å². The van der Waals surface area contributed by atoms with Crippen LogP contribution in [0, 0.1) is 6.92 Å². The average Bonchev–Trinajstić information content (AvgIpc) is 3.25. The molecular weight excluding hydrogens is 246 g/mol. The quantitative estimate of drug-likeness (QED) is 0.894. The van der Waals surface area contributed by atoms with Crippen molar-refractivity contribution in [1.29, 1.82) is 0 Å². The van der Waals surface area contributed by atoms with Crippen LogP contribution in [0.2, 0.25) is 0 Å². The van der Waals surface area contributed by atoms with Crippen LogP contribution in [0.1, 0.15) is 35.6 Å². The Labute approximate surface area is 120 Å². The van der Waals surface area contributed by atoms with Gasteiger partial charge >= 0.3 is 0 Å². The molecule has 2 N–H and O–H groups in total. The number of aryl methyl sites for hydroxylation is 1. The van der Waals surface area contributed by atoms with Gasteiger partial charge < -0.3 is 10.5 Å². The average molecular weight is 267 g/mol. The summed E-state index contributed by atoms with van der Waals surface area (Å²) < 4.78 is 5.83. The third-order valence-electron chi connectivity index (χ3n) is 3.69. The van der Waals surface area contributed by atoms with E-state index in [9.17, 15) is 0 Å². The molecule has 2 heteroatoms. The van der Waals surface area contributed by atoms with E-state index in [2.05, 4.69) is 43.3 Å². The van der Waals surface area contributed by atoms with E-state index in [1.54, 1.807) is 0 Å². The smallest absolute Gasteiger partial charge is 0.120 e. The van der Waals surface area contributed by atoms with Gasteiger partial charge in [0.25, 0.3) is 0 Å². The van der Waals surface area contributed by atoms with Gasteiger partial charge in [-0.25, -0.2) is 0 Å². The van der Waals surface area contributed by atoms with Gasteiger partial charge in [-0.15, -0.1) is 0 Å². The first-order valence-electron chi connectivity index (χ1n) is 7.28. The second-order valence-electron chi connectivity index (χ2n) is 5.69. The molecule has 0 radical (unpaired) electrons. The summed E-state index contributed by atoms with van der Waals surface area (Å²) >= 11 is 0. The lowest BCUT2D eigenvalue weighted by Gasteiger charge is -2.14. The molecule has 0 aromatic heterocycles. The van der Waals surface area contributed by atoms with Crippen LogP contribution < -0.4 is 10.5 Å². The molecule has 1 aliphatic carbocycles. The van der Waals surface area contributed by atoms with Crippen LogP contribution in [0.5, 0.6) is 5.75 Å². The van der Waals surface area contributed by atoms with Crippen LogP contribution in [0.15, 0.2) is 48.5 Å². The van der Waals surface area contributed by atoms with Gasteiger partial charge in [0.15, 0.2) is 0 Å². The van der Waals surface area contributed by atoms with Crippen LogP contribution in [0.3, 0.4) is 0 Å². The fraction of sp³-hybridized carbons (Fsp3) is 0.333. The molecule has 1 fully saturated rings. The summed E-state index contributed by atoms with van der Waals surface area (Å²) in [6.07, 6.45) is 3.64. The lowest BCUT2D eigenvalue weighted by molar-refractivity contribution is 0.302. The Morgan fingerprint density at radius 3 is 2.60 bits per heavy atom. The van der Waals surface area contributed by atoms with Crippen LogP contribution >= 0.6 is 0 Å². The van der Waals surface area contributed by atoms with Gasteiger partial charge in [0.05, 0.1) is 6.10 Å². The maximum Gasteiger partial charge on any atom is 0.120 e. The predicted octanol–water partition coefficient (Wildman–Crippen LogP) is 3.78. The van der Waals surface area contributed by atoms with E-state index in [1.807, 2.05) is 12.1 Å². The van der Waals surface area contributed by atoms with Crippen LogP contribution in [-0.4, -0.2) is 6.10 Å². The van der Waals surface area contributed by atoms with Gasteiger partial charge in [-0.3, -0.25) is 0 Å². The molecule has 1 saturated carbocycles. The standard InChI is InChI=1S/C18H21NO/c1-13-5-7-14(8-6-13)11-18(19)15-3-2-4-17(12-15)20-16-9-10-16/h2-8,12,16,18H,9-11,19H2,1H3. The number of benzene rings is 2. The van der Waals surface area contributed by atoms with Crippen LogP contribution in [0.25, 0.3) is 0 Å². The molecular formula is C18H21NO. The molecule has 0 amide bonds. The second kappa shape index (κ2) is 5.68. The molecule has 20 heavy (non-hydrogen) atoms. The topological polar surface area (TPSA) is 35.2 Å². The Kier molecular flexibility index (Phi) is 3.75. The summed E-state index contributed by atoms with van der Waals surface area (Å²) in [5.74, 6) is 0.948. The largest absolute Gasteiger partial charge is 0.490 e. The summed E-state index contributed by atoms with van der Waals surface area (Å²) in [5, 5.41) is 0. The molecule has 0 heterocycles. The molecule has 2 aromatic rings. The van der Waals surface area contributed by atoms with Gasteiger partial charge in [-0.1, -0.05) is 42.0 Å². The van der Waals surface area contributed by atoms with Crippen molar-refractivity contribution in [2.45, 2.75) is 38.3 Å². The minimum Gasteiger partial charge on any atom is -0.490 e. The van der Waals surface area contributed by atoms with Crippen molar-refractivity contribution in [3.63, 3.8) is 0 Å². The van der Waals surface area contributed by atoms with Crippen molar-refractivity contribution >= 4 is 0 Å².